The smallest absolute Gasteiger partial charge is 0.261 e. The first-order valence-corrected chi connectivity index (χ1v) is 11.9. The molecule has 2 aromatic carbocycles. The minimum atomic E-state index is -1.74. The lowest BCUT2D eigenvalue weighted by atomic mass is 9.71. The normalized spacial score (nSPS) is 19.7. The number of H-pyrrole nitrogens is 1. The van der Waals surface area contributed by atoms with Gasteiger partial charge in [0.1, 0.15) is 27.6 Å². The molecule has 0 saturated carbocycles. The number of methoxy groups -OCH3 is 2. The molecule has 2 aliphatic rings. The summed E-state index contributed by atoms with van der Waals surface area (Å²) in [5, 5.41) is 2.75. The summed E-state index contributed by atoms with van der Waals surface area (Å²) in [7, 11) is 2.81. The molecule has 9 nitrogen and oxygen atoms in total. The van der Waals surface area contributed by atoms with Crippen LogP contribution in [0.1, 0.15) is 55.7 Å². The van der Waals surface area contributed by atoms with Gasteiger partial charge in [-0.1, -0.05) is 48.9 Å². The van der Waals surface area contributed by atoms with Crippen LogP contribution in [0.4, 0.5) is 0 Å². The van der Waals surface area contributed by atoms with Crippen LogP contribution in [0.15, 0.2) is 47.3 Å². The van der Waals surface area contributed by atoms with Crippen molar-refractivity contribution in [1.29, 1.82) is 0 Å². The molecule has 1 spiro atoms. The Morgan fingerprint density at radius 1 is 1.14 bits per heavy atom. The molecule has 0 unspecified atom stereocenters. The molecule has 0 radical (unpaired) electrons. The number of carbonyl (C=O) groups is 3. The quantitative estimate of drug-likeness (QED) is 0.524. The predicted molar refractivity (Wildman–Crippen MR) is 134 cm³/mol. The van der Waals surface area contributed by atoms with Gasteiger partial charge in [0, 0.05) is 30.5 Å². The highest BCUT2D eigenvalue weighted by atomic mass is 35.5. The van der Waals surface area contributed by atoms with Gasteiger partial charge in [0.2, 0.25) is 11.4 Å². The molecule has 1 aliphatic carbocycles. The third-order valence-corrected chi connectivity index (χ3v) is 7.22. The summed E-state index contributed by atoms with van der Waals surface area (Å²) in [5.74, 6) is -1.69. The van der Waals surface area contributed by atoms with E-state index in [1.54, 1.807) is 6.92 Å². The van der Waals surface area contributed by atoms with Crippen molar-refractivity contribution in [2.45, 2.75) is 25.5 Å². The predicted octanol–water partition coefficient (Wildman–Crippen LogP) is 3.67. The van der Waals surface area contributed by atoms with Gasteiger partial charge in [0.15, 0.2) is 11.5 Å². The maximum atomic E-state index is 14.0. The number of halogens is 1. The van der Waals surface area contributed by atoms with Gasteiger partial charge in [-0.15, -0.1) is 0 Å². The van der Waals surface area contributed by atoms with Crippen molar-refractivity contribution >= 4 is 29.1 Å². The number of Topliss-reactive ketones (excluding diaryl/α,β-unsaturated/α-hetero) is 2. The molecular formula is C27H23ClN2O7. The Morgan fingerprint density at radius 3 is 2.51 bits per heavy atom. The van der Waals surface area contributed by atoms with Gasteiger partial charge >= 0.3 is 0 Å². The first-order valence-electron chi connectivity index (χ1n) is 11.5. The Kier molecular flexibility index (Phi) is 6.03. The van der Waals surface area contributed by atoms with Gasteiger partial charge in [0.25, 0.3) is 11.5 Å². The molecule has 0 saturated heterocycles. The zero-order chi connectivity index (χ0) is 26.5. The summed E-state index contributed by atoms with van der Waals surface area (Å²) >= 11 is 6.49. The Balaban J connectivity index is 1.60. The molecular weight excluding hydrogens is 500 g/mol. The second kappa shape index (κ2) is 9.08. The third-order valence-electron chi connectivity index (χ3n) is 6.86. The average molecular weight is 523 g/mol. The van der Waals surface area contributed by atoms with Crippen molar-refractivity contribution in [2.24, 2.45) is 5.92 Å². The SMILES string of the molecule is COc1cc(OC)c2c(c1Cl)O[C@]1(C2=O)c2[nH]c(=O)c(C(=O)NCc3ccccc3)cc2C(=O)C[C@H]1C. The molecule has 1 aromatic heterocycles. The number of carbonyl (C=O) groups excluding carboxylic acids is 3. The van der Waals surface area contributed by atoms with Crippen LogP contribution < -0.4 is 25.1 Å². The van der Waals surface area contributed by atoms with Crippen LogP contribution in [0, 0.1) is 5.92 Å². The number of fused-ring (bicyclic) bond motifs is 3. The van der Waals surface area contributed by atoms with Gasteiger partial charge in [0.05, 0.1) is 19.9 Å². The molecule has 10 heteroatoms. The topological polar surface area (TPSA) is 124 Å². The van der Waals surface area contributed by atoms with Gasteiger partial charge in [-0.3, -0.25) is 19.2 Å². The number of pyridine rings is 1. The van der Waals surface area contributed by atoms with E-state index in [1.165, 1.54) is 26.4 Å². The molecule has 0 fully saturated rings. The third kappa shape index (κ3) is 3.69. The number of ether oxygens (including phenoxy) is 3. The number of ketones is 2. The lowest BCUT2D eigenvalue weighted by molar-refractivity contribution is 0.0191. The fourth-order valence-corrected chi connectivity index (χ4v) is 5.22. The second-order valence-electron chi connectivity index (χ2n) is 8.96. The molecule has 2 N–H and O–H groups in total. The minimum Gasteiger partial charge on any atom is -0.496 e. The van der Waals surface area contributed by atoms with Crippen molar-refractivity contribution in [3.8, 4) is 17.2 Å². The number of aromatic nitrogens is 1. The van der Waals surface area contributed by atoms with Gasteiger partial charge in [-0.25, -0.2) is 0 Å². The molecule has 37 heavy (non-hydrogen) atoms. The van der Waals surface area contributed by atoms with Crippen molar-refractivity contribution in [3.63, 3.8) is 0 Å². The molecule has 3 aromatic rings. The van der Waals surface area contributed by atoms with Crippen LogP contribution in [0.5, 0.6) is 17.2 Å². The summed E-state index contributed by atoms with van der Waals surface area (Å²) < 4.78 is 17.0. The van der Waals surface area contributed by atoms with Crippen LogP contribution in [0.3, 0.4) is 0 Å². The summed E-state index contributed by atoms with van der Waals surface area (Å²) in [6, 6.07) is 11.9. The maximum Gasteiger partial charge on any atom is 0.261 e. The highest BCUT2D eigenvalue weighted by Gasteiger charge is 2.60. The zero-order valence-electron chi connectivity index (χ0n) is 20.3. The van der Waals surface area contributed by atoms with Crippen molar-refractivity contribution in [2.75, 3.05) is 14.2 Å². The molecule has 1 aliphatic heterocycles. The van der Waals surface area contributed by atoms with Crippen LogP contribution in [-0.2, 0) is 12.1 Å². The van der Waals surface area contributed by atoms with Crippen LogP contribution in [0.25, 0.3) is 0 Å². The van der Waals surface area contributed by atoms with Gasteiger partial charge in [-0.2, -0.15) is 0 Å². The number of rotatable bonds is 5. The Bertz CT molecular complexity index is 1520. The number of nitrogens with one attached hydrogen (secondary N) is 2. The lowest BCUT2D eigenvalue weighted by Gasteiger charge is -2.37. The standard InChI is InChI=1S/C27H23ClN2O7/c1-13-9-17(31)15-10-16(25(33)29-12-14-7-5-4-6-8-14)26(34)30-23(15)27(13)24(32)20-18(35-2)11-19(36-3)21(28)22(20)37-27/h4-8,10-11,13H,9,12H2,1-3H3,(H,29,33)(H,30,34)/t13-,27+/m1/s1. The highest BCUT2D eigenvalue weighted by molar-refractivity contribution is 6.35. The lowest BCUT2D eigenvalue weighted by Crippen LogP contribution is -2.50. The minimum absolute atomic E-state index is 0.0147. The molecule has 2 atom stereocenters. The first-order chi connectivity index (χ1) is 17.7. The largest absolute Gasteiger partial charge is 0.496 e. The average Bonchev–Trinajstić information content (AvgIpc) is 3.21. The Morgan fingerprint density at radius 2 is 1.84 bits per heavy atom. The second-order valence-corrected chi connectivity index (χ2v) is 9.34. The molecule has 0 bridgehead atoms. The van der Waals surface area contributed by atoms with E-state index in [2.05, 4.69) is 10.3 Å². The molecule has 1 amide bonds. The van der Waals surface area contributed by atoms with E-state index >= 15 is 0 Å². The van der Waals surface area contributed by atoms with Crippen LogP contribution >= 0.6 is 11.6 Å². The van der Waals surface area contributed by atoms with E-state index in [0.29, 0.717) is 0 Å². The fraction of sp³-hybridized carbons (Fsp3) is 0.259. The molecule has 190 valence electrons. The maximum absolute atomic E-state index is 14.0. The summed E-state index contributed by atoms with van der Waals surface area (Å²) in [4.78, 5) is 55.6. The Hall–Kier alpha value is -4.11. The number of benzene rings is 2. The van der Waals surface area contributed by atoms with Gasteiger partial charge < -0.3 is 24.5 Å². The summed E-state index contributed by atoms with van der Waals surface area (Å²) in [5.41, 5.74) is -1.79. The number of aromatic amines is 1. The van der Waals surface area contributed by atoms with Gasteiger partial charge in [-0.05, 0) is 11.6 Å². The molecule has 5 rings (SSSR count). The highest BCUT2D eigenvalue weighted by Crippen LogP contribution is 2.56. The summed E-state index contributed by atoms with van der Waals surface area (Å²) in [6.45, 7) is 1.88. The van der Waals surface area contributed by atoms with E-state index in [4.69, 9.17) is 25.8 Å². The van der Waals surface area contributed by atoms with Crippen LogP contribution in [0.2, 0.25) is 5.02 Å². The van der Waals surface area contributed by atoms with Crippen LogP contribution in [-0.4, -0.2) is 36.7 Å². The van der Waals surface area contributed by atoms with Crippen molar-refractivity contribution in [1.82, 2.24) is 10.3 Å². The van der Waals surface area contributed by atoms with E-state index in [-0.39, 0.29) is 63.4 Å². The van der Waals surface area contributed by atoms with E-state index in [1.807, 2.05) is 30.3 Å². The Labute approximate surface area is 216 Å². The number of hydrogen-bond donors (Lipinski definition) is 2. The van der Waals surface area contributed by atoms with E-state index in [9.17, 15) is 19.2 Å². The fourth-order valence-electron chi connectivity index (χ4n) is 4.95. The van der Waals surface area contributed by atoms with E-state index in [0.717, 1.165) is 5.56 Å². The zero-order valence-corrected chi connectivity index (χ0v) is 21.0. The van der Waals surface area contributed by atoms with Crippen molar-refractivity contribution < 1.29 is 28.6 Å². The monoisotopic (exact) mass is 522 g/mol. The van der Waals surface area contributed by atoms with E-state index < -0.39 is 28.8 Å². The molecule has 2 heterocycles. The van der Waals surface area contributed by atoms with Crippen molar-refractivity contribution in [3.05, 3.63) is 85.8 Å². The number of amides is 1. The first kappa shape index (κ1) is 24.6. The number of hydrogen-bond acceptors (Lipinski definition) is 7. The summed E-state index contributed by atoms with van der Waals surface area (Å²) in [6.07, 6.45) is -0.0546.